The normalized spacial score (nSPS) is 10.4. The van der Waals surface area contributed by atoms with E-state index < -0.39 is 0 Å². The average molecular weight is 309 g/mol. The van der Waals surface area contributed by atoms with Crippen molar-refractivity contribution in [2.45, 2.75) is 40.5 Å². The zero-order valence-corrected chi connectivity index (χ0v) is 14.2. The molecule has 0 aromatic heterocycles. The van der Waals surface area contributed by atoms with Crippen LogP contribution in [0.5, 0.6) is 0 Å². The highest BCUT2D eigenvalue weighted by Gasteiger charge is 2.12. The Morgan fingerprint density at radius 3 is 2.17 bits per heavy atom. The molecule has 0 spiro atoms. The lowest BCUT2D eigenvalue weighted by Gasteiger charge is -2.10. The van der Waals surface area contributed by atoms with Gasteiger partial charge in [0.2, 0.25) is 5.91 Å². The summed E-state index contributed by atoms with van der Waals surface area (Å²) in [4.78, 5) is 24.4. The molecule has 1 amide bonds. The summed E-state index contributed by atoms with van der Waals surface area (Å²) >= 11 is 0. The van der Waals surface area contributed by atoms with Crippen molar-refractivity contribution in [3.8, 4) is 0 Å². The standard InChI is InChI=1S/C20H23NO2/c1-13-6-8-18(16(4)11-13)21-20(23)10-9-19(22)17-12-14(2)5-7-15(17)3/h5-8,11-12H,9-10H2,1-4H3,(H,21,23). The van der Waals surface area contributed by atoms with E-state index in [2.05, 4.69) is 5.32 Å². The van der Waals surface area contributed by atoms with Gasteiger partial charge in [-0.05, 0) is 51.0 Å². The number of Topliss-reactive ketones (excluding diaryl/α,β-unsaturated/α-hetero) is 1. The third-order valence-corrected chi connectivity index (χ3v) is 3.93. The van der Waals surface area contributed by atoms with Gasteiger partial charge in [-0.25, -0.2) is 0 Å². The Labute approximate surface area is 137 Å². The Morgan fingerprint density at radius 1 is 0.826 bits per heavy atom. The van der Waals surface area contributed by atoms with Crippen LogP contribution in [-0.2, 0) is 4.79 Å². The first-order chi connectivity index (χ1) is 10.9. The topological polar surface area (TPSA) is 46.2 Å². The van der Waals surface area contributed by atoms with E-state index in [1.54, 1.807) is 0 Å². The van der Waals surface area contributed by atoms with Gasteiger partial charge in [0.1, 0.15) is 0 Å². The maximum Gasteiger partial charge on any atom is 0.224 e. The molecule has 0 aliphatic heterocycles. The molecule has 0 radical (unpaired) electrons. The Kier molecular flexibility index (Phi) is 5.32. The van der Waals surface area contributed by atoms with E-state index in [4.69, 9.17) is 0 Å². The molecule has 2 rings (SSSR count). The van der Waals surface area contributed by atoms with Crippen LogP contribution in [0.4, 0.5) is 5.69 Å². The van der Waals surface area contributed by atoms with Crippen molar-refractivity contribution >= 4 is 17.4 Å². The molecule has 2 aromatic carbocycles. The number of rotatable bonds is 5. The van der Waals surface area contributed by atoms with E-state index in [-0.39, 0.29) is 24.5 Å². The second-order valence-electron chi connectivity index (χ2n) is 6.11. The Morgan fingerprint density at radius 2 is 1.48 bits per heavy atom. The Hall–Kier alpha value is -2.42. The minimum Gasteiger partial charge on any atom is -0.326 e. The predicted molar refractivity (Wildman–Crippen MR) is 94.0 cm³/mol. The maximum absolute atomic E-state index is 12.3. The number of hydrogen-bond donors (Lipinski definition) is 1. The van der Waals surface area contributed by atoms with E-state index in [0.717, 1.165) is 27.9 Å². The van der Waals surface area contributed by atoms with Crippen molar-refractivity contribution in [1.29, 1.82) is 0 Å². The molecule has 0 saturated carbocycles. The molecule has 23 heavy (non-hydrogen) atoms. The monoisotopic (exact) mass is 309 g/mol. The molecule has 2 aromatic rings. The van der Waals surface area contributed by atoms with E-state index >= 15 is 0 Å². The largest absolute Gasteiger partial charge is 0.326 e. The van der Waals surface area contributed by atoms with Gasteiger partial charge in [0.05, 0.1) is 0 Å². The maximum atomic E-state index is 12.3. The molecule has 3 nitrogen and oxygen atoms in total. The number of carbonyl (C=O) groups is 2. The Balaban J connectivity index is 1.96. The summed E-state index contributed by atoms with van der Waals surface area (Å²) in [5.41, 5.74) is 5.71. The molecule has 0 aliphatic carbocycles. The second-order valence-corrected chi connectivity index (χ2v) is 6.11. The summed E-state index contributed by atoms with van der Waals surface area (Å²) in [7, 11) is 0. The van der Waals surface area contributed by atoms with E-state index in [9.17, 15) is 9.59 Å². The highest BCUT2D eigenvalue weighted by Crippen LogP contribution is 2.17. The van der Waals surface area contributed by atoms with Gasteiger partial charge in [-0.15, -0.1) is 0 Å². The van der Waals surface area contributed by atoms with Crippen molar-refractivity contribution < 1.29 is 9.59 Å². The van der Waals surface area contributed by atoms with Gasteiger partial charge in [0.25, 0.3) is 0 Å². The number of hydrogen-bond acceptors (Lipinski definition) is 2. The van der Waals surface area contributed by atoms with Crippen LogP contribution < -0.4 is 5.32 Å². The molecule has 3 heteroatoms. The van der Waals surface area contributed by atoms with Crippen LogP contribution in [0.25, 0.3) is 0 Å². The van der Waals surface area contributed by atoms with E-state index in [0.29, 0.717) is 5.56 Å². The minimum absolute atomic E-state index is 0.0157. The molecule has 0 bridgehead atoms. The van der Waals surface area contributed by atoms with Gasteiger partial charge in [-0.1, -0.05) is 35.4 Å². The first kappa shape index (κ1) is 16.9. The van der Waals surface area contributed by atoms with Crippen molar-refractivity contribution in [2.24, 2.45) is 0 Å². The number of amides is 1. The highest BCUT2D eigenvalue weighted by atomic mass is 16.2. The quantitative estimate of drug-likeness (QED) is 0.825. The number of nitrogens with one attached hydrogen (secondary N) is 1. The molecule has 1 N–H and O–H groups in total. The summed E-state index contributed by atoms with van der Waals surface area (Å²) in [6.07, 6.45) is 0.417. The lowest BCUT2D eigenvalue weighted by molar-refractivity contribution is -0.116. The number of anilines is 1. The lowest BCUT2D eigenvalue weighted by Crippen LogP contribution is -2.14. The molecule has 0 heterocycles. The molecule has 0 unspecified atom stereocenters. The second kappa shape index (κ2) is 7.23. The molecular formula is C20H23NO2. The van der Waals surface area contributed by atoms with E-state index in [1.165, 1.54) is 0 Å². The number of benzene rings is 2. The number of aryl methyl sites for hydroxylation is 4. The number of ketones is 1. The Bertz CT molecular complexity index is 747. The van der Waals surface area contributed by atoms with Gasteiger partial charge in [0.15, 0.2) is 5.78 Å². The third-order valence-electron chi connectivity index (χ3n) is 3.93. The minimum atomic E-state index is -0.129. The van der Waals surface area contributed by atoms with Crippen LogP contribution in [0.2, 0.25) is 0 Å². The summed E-state index contributed by atoms with van der Waals surface area (Å²) < 4.78 is 0. The lowest BCUT2D eigenvalue weighted by atomic mass is 9.99. The molecule has 0 aliphatic rings. The van der Waals surface area contributed by atoms with Crippen LogP contribution in [-0.4, -0.2) is 11.7 Å². The fraction of sp³-hybridized carbons (Fsp3) is 0.300. The zero-order chi connectivity index (χ0) is 17.0. The molecule has 0 atom stereocenters. The molecule has 0 fully saturated rings. The van der Waals surface area contributed by atoms with Crippen LogP contribution in [0.3, 0.4) is 0 Å². The van der Waals surface area contributed by atoms with Gasteiger partial charge in [0, 0.05) is 24.1 Å². The zero-order valence-electron chi connectivity index (χ0n) is 14.2. The highest BCUT2D eigenvalue weighted by molar-refractivity contribution is 6.01. The predicted octanol–water partition coefficient (Wildman–Crippen LogP) is 4.52. The summed E-state index contributed by atoms with van der Waals surface area (Å²) in [6.45, 7) is 7.86. The smallest absolute Gasteiger partial charge is 0.224 e. The summed E-state index contributed by atoms with van der Waals surface area (Å²) in [6, 6.07) is 11.7. The van der Waals surface area contributed by atoms with Gasteiger partial charge >= 0.3 is 0 Å². The van der Waals surface area contributed by atoms with Gasteiger partial charge < -0.3 is 5.32 Å². The first-order valence-electron chi connectivity index (χ1n) is 7.84. The van der Waals surface area contributed by atoms with E-state index in [1.807, 2.05) is 64.1 Å². The van der Waals surface area contributed by atoms with Crippen LogP contribution in [0, 0.1) is 27.7 Å². The molecule has 0 saturated heterocycles. The molecular weight excluding hydrogens is 286 g/mol. The van der Waals surface area contributed by atoms with Crippen LogP contribution in [0.15, 0.2) is 36.4 Å². The van der Waals surface area contributed by atoms with Crippen molar-refractivity contribution in [3.05, 3.63) is 64.2 Å². The van der Waals surface area contributed by atoms with Crippen molar-refractivity contribution in [1.82, 2.24) is 0 Å². The molecule has 120 valence electrons. The summed E-state index contributed by atoms with van der Waals surface area (Å²) in [5.74, 6) is -0.113. The number of carbonyl (C=O) groups excluding carboxylic acids is 2. The fourth-order valence-electron chi connectivity index (χ4n) is 2.56. The van der Waals surface area contributed by atoms with Gasteiger partial charge in [-0.2, -0.15) is 0 Å². The summed E-state index contributed by atoms with van der Waals surface area (Å²) in [5, 5.41) is 2.88. The van der Waals surface area contributed by atoms with Crippen molar-refractivity contribution in [3.63, 3.8) is 0 Å². The SMILES string of the molecule is Cc1ccc(NC(=O)CCC(=O)c2cc(C)ccc2C)c(C)c1. The van der Waals surface area contributed by atoms with Gasteiger partial charge in [-0.3, -0.25) is 9.59 Å². The van der Waals surface area contributed by atoms with Crippen molar-refractivity contribution in [2.75, 3.05) is 5.32 Å². The van der Waals surface area contributed by atoms with Crippen LogP contribution in [0.1, 0.15) is 45.5 Å². The third kappa shape index (κ3) is 4.52. The fourth-order valence-corrected chi connectivity index (χ4v) is 2.56. The average Bonchev–Trinajstić information content (AvgIpc) is 2.50. The van der Waals surface area contributed by atoms with Crippen LogP contribution >= 0.6 is 0 Å². The first-order valence-corrected chi connectivity index (χ1v) is 7.84.